The number of carbonyl (C=O) groups is 1. The van der Waals surface area contributed by atoms with Crippen LogP contribution in [0.4, 0.5) is 0 Å². The number of nitrogens with one attached hydrogen (secondary N) is 1. The lowest BCUT2D eigenvalue weighted by Crippen LogP contribution is -2.44. The van der Waals surface area contributed by atoms with Gasteiger partial charge in [0, 0.05) is 12.0 Å². The number of hydrogen-bond acceptors (Lipinski definition) is 4. The molecule has 3 rings (SSSR count). The van der Waals surface area contributed by atoms with E-state index in [9.17, 15) is 4.79 Å². The van der Waals surface area contributed by atoms with Crippen LogP contribution in [0.1, 0.15) is 44.4 Å². The minimum absolute atomic E-state index is 0.113. The van der Waals surface area contributed by atoms with Gasteiger partial charge in [-0.05, 0) is 58.0 Å². The molecule has 0 aromatic heterocycles. The van der Waals surface area contributed by atoms with Gasteiger partial charge in [0.25, 0.3) is 5.91 Å². The predicted octanol–water partition coefficient (Wildman–Crippen LogP) is 4.19. The van der Waals surface area contributed by atoms with E-state index in [0.717, 1.165) is 22.6 Å². The molecule has 0 saturated carbocycles. The SMILES string of the molecule is COc1ccc(OC(C)C(=O)NC2CC(C)(C)Oc3ccc(C)cc32)cc1. The molecular formula is C22H27NO4. The number of amides is 1. The minimum Gasteiger partial charge on any atom is -0.497 e. The van der Waals surface area contributed by atoms with E-state index in [4.69, 9.17) is 14.2 Å². The molecule has 2 aromatic carbocycles. The zero-order chi connectivity index (χ0) is 19.6. The molecule has 0 saturated heterocycles. The highest BCUT2D eigenvalue weighted by molar-refractivity contribution is 5.81. The Hall–Kier alpha value is -2.69. The van der Waals surface area contributed by atoms with E-state index < -0.39 is 6.10 Å². The van der Waals surface area contributed by atoms with Gasteiger partial charge in [0.15, 0.2) is 6.10 Å². The molecule has 1 amide bonds. The van der Waals surface area contributed by atoms with Crippen LogP contribution in [0, 0.1) is 6.92 Å². The standard InChI is InChI=1S/C22H27NO4/c1-14-6-11-20-18(12-14)19(13-22(3,4)27-20)23-21(24)15(2)26-17-9-7-16(25-5)8-10-17/h6-12,15,19H,13H2,1-5H3,(H,23,24). The second-order valence-corrected chi connectivity index (χ2v) is 7.60. The lowest BCUT2D eigenvalue weighted by atomic mass is 9.89. The zero-order valence-electron chi connectivity index (χ0n) is 16.5. The fourth-order valence-corrected chi connectivity index (χ4v) is 3.30. The molecule has 27 heavy (non-hydrogen) atoms. The Bertz CT molecular complexity index is 814. The number of methoxy groups -OCH3 is 1. The van der Waals surface area contributed by atoms with E-state index in [1.54, 1.807) is 38.3 Å². The van der Waals surface area contributed by atoms with Crippen molar-refractivity contribution in [2.75, 3.05) is 7.11 Å². The Morgan fingerprint density at radius 1 is 1.19 bits per heavy atom. The van der Waals surface area contributed by atoms with E-state index in [0.29, 0.717) is 12.2 Å². The maximum atomic E-state index is 12.7. The molecule has 0 radical (unpaired) electrons. The summed E-state index contributed by atoms with van der Waals surface area (Å²) in [6, 6.07) is 13.1. The molecule has 1 aliphatic rings. The van der Waals surface area contributed by atoms with Gasteiger partial charge in [-0.1, -0.05) is 17.7 Å². The van der Waals surface area contributed by atoms with Crippen LogP contribution in [0.3, 0.4) is 0 Å². The Morgan fingerprint density at radius 3 is 2.52 bits per heavy atom. The quantitative estimate of drug-likeness (QED) is 0.859. The van der Waals surface area contributed by atoms with E-state index >= 15 is 0 Å². The van der Waals surface area contributed by atoms with Gasteiger partial charge in [-0.25, -0.2) is 0 Å². The van der Waals surface area contributed by atoms with E-state index in [1.807, 2.05) is 32.9 Å². The molecule has 1 N–H and O–H groups in total. The Labute approximate surface area is 160 Å². The molecule has 0 aliphatic carbocycles. The predicted molar refractivity (Wildman–Crippen MR) is 104 cm³/mol. The molecule has 2 unspecified atom stereocenters. The van der Waals surface area contributed by atoms with Gasteiger partial charge in [0.1, 0.15) is 22.8 Å². The molecule has 0 bridgehead atoms. The highest BCUT2D eigenvalue weighted by Crippen LogP contribution is 2.39. The van der Waals surface area contributed by atoms with Crippen LogP contribution < -0.4 is 19.5 Å². The van der Waals surface area contributed by atoms with E-state index in [2.05, 4.69) is 11.4 Å². The van der Waals surface area contributed by atoms with Gasteiger partial charge in [-0.15, -0.1) is 0 Å². The number of carbonyl (C=O) groups excluding carboxylic acids is 1. The first-order chi connectivity index (χ1) is 12.8. The van der Waals surface area contributed by atoms with Gasteiger partial charge in [-0.3, -0.25) is 4.79 Å². The van der Waals surface area contributed by atoms with Crippen molar-refractivity contribution in [3.63, 3.8) is 0 Å². The van der Waals surface area contributed by atoms with E-state index in [-0.39, 0.29) is 17.6 Å². The summed E-state index contributed by atoms with van der Waals surface area (Å²) in [5, 5.41) is 3.13. The third-order valence-corrected chi connectivity index (χ3v) is 4.68. The molecule has 5 heteroatoms. The smallest absolute Gasteiger partial charge is 0.261 e. The number of rotatable bonds is 5. The molecule has 1 heterocycles. The molecule has 144 valence electrons. The fraction of sp³-hybridized carbons (Fsp3) is 0.409. The van der Waals surface area contributed by atoms with Crippen molar-refractivity contribution in [1.29, 1.82) is 0 Å². The van der Waals surface area contributed by atoms with Gasteiger partial charge in [-0.2, -0.15) is 0 Å². The summed E-state index contributed by atoms with van der Waals surface area (Å²) in [5.74, 6) is 2.05. The largest absolute Gasteiger partial charge is 0.497 e. The lowest BCUT2D eigenvalue weighted by molar-refractivity contribution is -0.128. The second kappa shape index (κ2) is 7.51. The normalized spacial score (nSPS) is 18.6. The van der Waals surface area contributed by atoms with Crippen molar-refractivity contribution in [2.24, 2.45) is 0 Å². The molecule has 0 spiro atoms. The van der Waals surface area contributed by atoms with Crippen molar-refractivity contribution in [1.82, 2.24) is 5.32 Å². The minimum atomic E-state index is -0.613. The Morgan fingerprint density at radius 2 is 1.85 bits per heavy atom. The van der Waals surface area contributed by atoms with Crippen molar-refractivity contribution < 1.29 is 19.0 Å². The van der Waals surface area contributed by atoms with Crippen molar-refractivity contribution in [3.8, 4) is 17.2 Å². The highest BCUT2D eigenvalue weighted by atomic mass is 16.5. The first kappa shape index (κ1) is 19.1. The number of ether oxygens (including phenoxy) is 3. The molecular weight excluding hydrogens is 342 g/mol. The molecule has 2 aromatic rings. The summed E-state index contributed by atoms with van der Waals surface area (Å²) >= 11 is 0. The number of fused-ring (bicyclic) bond motifs is 1. The van der Waals surface area contributed by atoms with Crippen LogP contribution in [0.5, 0.6) is 17.2 Å². The van der Waals surface area contributed by atoms with Crippen molar-refractivity contribution >= 4 is 5.91 Å². The Kier molecular flexibility index (Phi) is 5.31. The number of benzene rings is 2. The van der Waals surface area contributed by atoms with Gasteiger partial charge < -0.3 is 19.5 Å². The monoisotopic (exact) mass is 369 g/mol. The summed E-state index contributed by atoms with van der Waals surface area (Å²) in [6.07, 6.45) is 0.0855. The first-order valence-electron chi connectivity index (χ1n) is 9.18. The summed E-state index contributed by atoms with van der Waals surface area (Å²) in [4.78, 5) is 12.7. The fourth-order valence-electron chi connectivity index (χ4n) is 3.30. The maximum Gasteiger partial charge on any atom is 0.261 e. The lowest BCUT2D eigenvalue weighted by Gasteiger charge is -2.38. The van der Waals surface area contributed by atoms with Gasteiger partial charge in [0.2, 0.25) is 0 Å². The molecule has 5 nitrogen and oxygen atoms in total. The maximum absolute atomic E-state index is 12.7. The summed E-state index contributed by atoms with van der Waals surface area (Å²) in [6.45, 7) is 7.86. The Balaban J connectivity index is 1.71. The van der Waals surface area contributed by atoms with Gasteiger partial charge in [0.05, 0.1) is 13.2 Å². The molecule has 2 atom stereocenters. The summed E-state index contributed by atoms with van der Waals surface area (Å²) in [5.41, 5.74) is 1.80. The molecule has 0 fully saturated rings. The van der Waals surface area contributed by atoms with Crippen LogP contribution >= 0.6 is 0 Å². The third kappa shape index (κ3) is 4.54. The van der Waals surface area contributed by atoms with Crippen LogP contribution in [0.15, 0.2) is 42.5 Å². The van der Waals surface area contributed by atoms with Crippen molar-refractivity contribution in [2.45, 2.75) is 51.9 Å². The van der Waals surface area contributed by atoms with Crippen LogP contribution in [0.25, 0.3) is 0 Å². The number of aryl methyl sites for hydroxylation is 1. The van der Waals surface area contributed by atoms with Crippen LogP contribution in [-0.4, -0.2) is 24.7 Å². The van der Waals surface area contributed by atoms with Gasteiger partial charge >= 0.3 is 0 Å². The third-order valence-electron chi connectivity index (χ3n) is 4.68. The topological polar surface area (TPSA) is 56.8 Å². The number of hydrogen-bond donors (Lipinski definition) is 1. The average Bonchev–Trinajstić information content (AvgIpc) is 2.62. The first-order valence-corrected chi connectivity index (χ1v) is 9.18. The average molecular weight is 369 g/mol. The highest BCUT2D eigenvalue weighted by Gasteiger charge is 2.35. The van der Waals surface area contributed by atoms with Crippen LogP contribution in [0.2, 0.25) is 0 Å². The zero-order valence-corrected chi connectivity index (χ0v) is 16.5. The second-order valence-electron chi connectivity index (χ2n) is 7.60. The van der Waals surface area contributed by atoms with Crippen LogP contribution in [-0.2, 0) is 4.79 Å². The summed E-state index contributed by atoms with van der Waals surface area (Å²) in [7, 11) is 1.61. The summed E-state index contributed by atoms with van der Waals surface area (Å²) < 4.78 is 17.0. The van der Waals surface area contributed by atoms with Crippen molar-refractivity contribution in [3.05, 3.63) is 53.6 Å². The molecule has 1 aliphatic heterocycles. The van der Waals surface area contributed by atoms with E-state index in [1.165, 1.54) is 0 Å².